The van der Waals surface area contributed by atoms with Crippen LogP contribution in [0.15, 0.2) is 35.2 Å². The van der Waals surface area contributed by atoms with Crippen molar-refractivity contribution in [3.8, 4) is 5.69 Å². The number of thiocarbonyl (C=S) groups is 1. The summed E-state index contributed by atoms with van der Waals surface area (Å²) in [5.74, 6) is -0.0185. The number of benzene rings is 1. The Morgan fingerprint density at radius 1 is 1.29 bits per heavy atom. The maximum Gasteiger partial charge on any atom is 0.266 e. The van der Waals surface area contributed by atoms with E-state index in [1.807, 2.05) is 51.1 Å². The molecule has 6 heteroatoms. The summed E-state index contributed by atoms with van der Waals surface area (Å²) in [6.07, 6.45) is 1.92. The van der Waals surface area contributed by atoms with Crippen LogP contribution < -0.4 is 0 Å². The standard InChI is InChI=1S/C18H17ClN2OS2/c1-4-20-17(22)16(24-18(20)23)10-13-9-11(2)21(12(13)3)15-8-6-5-7-14(15)19/h5-10H,4H2,1-3H3/b16-10-. The molecule has 0 N–H and O–H groups in total. The molecule has 2 aromatic rings. The van der Waals surface area contributed by atoms with Gasteiger partial charge in [-0.05, 0) is 50.6 Å². The molecule has 1 aromatic heterocycles. The third-order valence-electron chi connectivity index (χ3n) is 4.04. The molecule has 0 bridgehead atoms. The Hall–Kier alpha value is -1.56. The van der Waals surface area contributed by atoms with Gasteiger partial charge in [0.25, 0.3) is 5.91 Å². The van der Waals surface area contributed by atoms with Crippen molar-refractivity contribution >= 4 is 51.9 Å². The fourth-order valence-corrected chi connectivity index (χ4v) is 4.45. The van der Waals surface area contributed by atoms with E-state index in [9.17, 15) is 4.79 Å². The molecule has 3 nitrogen and oxygen atoms in total. The molecule has 0 spiro atoms. The number of aryl methyl sites for hydroxylation is 1. The molecule has 0 saturated carbocycles. The number of aromatic nitrogens is 1. The fourth-order valence-electron chi connectivity index (χ4n) is 2.85. The minimum Gasteiger partial charge on any atom is -0.316 e. The number of halogens is 1. The lowest BCUT2D eigenvalue weighted by atomic mass is 10.2. The van der Waals surface area contributed by atoms with E-state index in [0.29, 0.717) is 20.8 Å². The fraction of sp³-hybridized carbons (Fsp3) is 0.222. The highest BCUT2D eigenvalue weighted by Crippen LogP contribution is 2.34. The van der Waals surface area contributed by atoms with Crippen molar-refractivity contribution in [1.82, 2.24) is 9.47 Å². The summed E-state index contributed by atoms with van der Waals surface area (Å²) in [5, 5.41) is 0.697. The molecular formula is C18H17ClN2OS2. The van der Waals surface area contributed by atoms with Gasteiger partial charge in [0.05, 0.1) is 15.6 Å². The van der Waals surface area contributed by atoms with Crippen LogP contribution in [0.4, 0.5) is 0 Å². The van der Waals surface area contributed by atoms with Gasteiger partial charge < -0.3 is 4.57 Å². The van der Waals surface area contributed by atoms with Crippen molar-refractivity contribution < 1.29 is 4.79 Å². The monoisotopic (exact) mass is 376 g/mol. The average Bonchev–Trinajstić information content (AvgIpc) is 2.97. The molecule has 1 aromatic carbocycles. The highest BCUT2D eigenvalue weighted by molar-refractivity contribution is 8.26. The molecular weight excluding hydrogens is 360 g/mol. The zero-order chi connectivity index (χ0) is 17.4. The first-order valence-corrected chi connectivity index (χ1v) is 9.23. The normalized spacial score (nSPS) is 16.5. The third-order valence-corrected chi connectivity index (χ3v) is 5.74. The molecule has 1 amide bonds. The Balaban J connectivity index is 2.05. The zero-order valence-corrected chi connectivity index (χ0v) is 16.1. The lowest BCUT2D eigenvalue weighted by Crippen LogP contribution is -2.27. The van der Waals surface area contributed by atoms with E-state index in [-0.39, 0.29) is 5.91 Å². The summed E-state index contributed by atoms with van der Waals surface area (Å²) in [5.41, 5.74) is 4.05. The second kappa shape index (κ2) is 6.75. The van der Waals surface area contributed by atoms with Crippen molar-refractivity contribution in [3.63, 3.8) is 0 Å². The van der Waals surface area contributed by atoms with Gasteiger partial charge in [0.2, 0.25) is 0 Å². The molecule has 0 radical (unpaired) electrons. The number of hydrogen-bond donors (Lipinski definition) is 0. The number of rotatable bonds is 3. The van der Waals surface area contributed by atoms with Crippen LogP contribution in [0.3, 0.4) is 0 Å². The van der Waals surface area contributed by atoms with Gasteiger partial charge in [-0.2, -0.15) is 0 Å². The average molecular weight is 377 g/mol. The quantitative estimate of drug-likeness (QED) is 0.558. The van der Waals surface area contributed by atoms with E-state index < -0.39 is 0 Å². The molecule has 2 heterocycles. The summed E-state index contributed by atoms with van der Waals surface area (Å²) in [4.78, 5) is 14.7. The maximum absolute atomic E-state index is 12.4. The Labute approximate surface area is 156 Å². The lowest BCUT2D eigenvalue weighted by molar-refractivity contribution is -0.121. The molecule has 1 saturated heterocycles. The van der Waals surface area contributed by atoms with Gasteiger partial charge >= 0.3 is 0 Å². The molecule has 1 aliphatic rings. The topological polar surface area (TPSA) is 25.2 Å². The van der Waals surface area contributed by atoms with Crippen LogP contribution in [0.2, 0.25) is 5.02 Å². The van der Waals surface area contributed by atoms with Crippen molar-refractivity contribution in [2.24, 2.45) is 0 Å². The van der Waals surface area contributed by atoms with E-state index in [2.05, 4.69) is 10.6 Å². The van der Waals surface area contributed by atoms with Gasteiger partial charge in [-0.1, -0.05) is 47.7 Å². The van der Waals surface area contributed by atoms with Crippen molar-refractivity contribution in [1.29, 1.82) is 0 Å². The third kappa shape index (κ3) is 2.92. The van der Waals surface area contributed by atoms with Gasteiger partial charge in [-0.25, -0.2) is 0 Å². The smallest absolute Gasteiger partial charge is 0.266 e. The van der Waals surface area contributed by atoms with Gasteiger partial charge in [0, 0.05) is 17.9 Å². The first-order chi connectivity index (χ1) is 11.4. The summed E-state index contributed by atoms with van der Waals surface area (Å²) in [7, 11) is 0. The van der Waals surface area contributed by atoms with E-state index in [0.717, 1.165) is 22.6 Å². The van der Waals surface area contributed by atoms with Gasteiger partial charge in [0.15, 0.2) is 0 Å². The minimum atomic E-state index is -0.0185. The Kier molecular flexibility index (Phi) is 4.85. The molecule has 24 heavy (non-hydrogen) atoms. The number of thioether (sulfide) groups is 1. The molecule has 124 valence electrons. The highest BCUT2D eigenvalue weighted by Gasteiger charge is 2.30. The van der Waals surface area contributed by atoms with Crippen LogP contribution in [0.1, 0.15) is 23.9 Å². The Morgan fingerprint density at radius 3 is 2.62 bits per heavy atom. The van der Waals surface area contributed by atoms with Crippen LogP contribution in [0.25, 0.3) is 11.8 Å². The van der Waals surface area contributed by atoms with Crippen molar-refractivity contribution in [3.05, 3.63) is 57.2 Å². The number of para-hydroxylation sites is 1. The lowest BCUT2D eigenvalue weighted by Gasteiger charge is -2.11. The molecule has 0 aliphatic carbocycles. The second-order valence-corrected chi connectivity index (χ2v) is 7.62. The van der Waals surface area contributed by atoms with Crippen LogP contribution in [-0.4, -0.2) is 26.2 Å². The van der Waals surface area contributed by atoms with Crippen LogP contribution in [-0.2, 0) is 4.79 Å². The van der Waals surface area contributed by atoms with Crippen LogP contribution in [0, 0.1) is 13.8 Å². The van der Waals surface area contributed by atoms with Crippen molar-refractivity contribution in [2.75, 3.05) is 6.54 Å². The predicted molar refractivity (Wildman–Crippen MR) is 106 cm³/mol. The predicted octanol–water partition coefficient (Wildman–Crippen LogP) is 4.97. The first kappa shape index (κ1) is 17.3. The number of carbonyl (C=O) groups excluding carboxylic acids is 1. The first-order valence-electron chi connectivity index (χ1n) is 7.63. The van der Waals surface area contributed by atoms with Crippen molar-refractivity contribution in [2.45, 2.75) is 20.8 Å². The van der Waals surface area contributed by atoms with Gasteiger partial charge in [-0.15, -0.1) is 0 Å². The van der Waals surface area contributed by atoms with Gasteiger partial charge in [0.1, 0.15) is 4.32 Å². The largest absolute Gasteiger partial charge is 0.316 e. The molecule has 1 aliphatic heterocycles. The van der Waals surface area contributed by atoms with E-state index in [1.165, 1.54) is 11.8 Å². The van der Waals surface area contributed by atoms with E-state index in [1.54, 1.807) is 4.90 Å². The Bertz CT molecular complexity index is 870. The summed E-state index contributed by atoms with van der Waals surface area (Å²) in [6.45, 7) is 6.59. The second-order valence-electron chi connectivity index (χ2n) is 5.54. The number of nitrogens with zero attached hydrogens (tertiary/aromatic N) is 2. The number of hydrogen-bond acceptors (Lipinski definition) is 3. The zero-order valence-electron chi connectivity index (χ0n) is 13.7. The number of amides is 1. The molecule has 1 fully saturated rings. The summed E-state index contributed by atoms with van der Waals surface area (Å²) < 4.78 is 2.73. The molecule has 0 unspecified atom stereocenters. The van der Waals surface area contributed by atoms with E-state index >= 15 is 0 Å². The van der Waals surface area contributed by atoms with Crippen LogP contribution >= 0.6 is 35.6 Å². The minimum absolute atomic E-state index is 0.0185. The summed E-state index contributed by atoms with van der Waals surface area (Å²) in [6, 6.07) is 9.81. The summed E-state index contributed by atoms with van der Waals surface area (Å²) >= 11 is 13.0. The van der Waals surface area contributed by atoms with Crippen LogP contribution in [0.5, 0.6) is 0 Å². The SMILES string of the molecule is CCN1C(=O)/C(=C/c2cc(C)n(-c3ccccc3Cl)c2C)SC1=S. The molecule has 0 atom stereocenters. The number of carbonyl (C=O) groups is 1. The highest BCUT2D eigenvalue weighted by atomic mass is 35.5. The number of likely N-dealkylation sites (N-methyl/N-ethyl adjacent to an activating group) is 1. The van der Waals surface area contributed by atoms with E-state index in [4.69, 9.17) is 23.8 Å². The molecule has 3 rings (SSSR count). The Morgan fingerprint density at radius 2 is 2.00 bits per heavy atom. The van der Waals surface area contributed by atoms with Gasteiger partial charge in [-0.3, -0.25) is 9.69 Å². The maximum atomic E-state index is 12.4.